The van der Waals surface area contributed by atoms with Crippen LogP contribution in [-0.4, -0.2) is 23.4 Å². The Balaban J connectivity index is 1.90. The van der Waals surface area contributed by atoms with Gasteiger partial charge in [0.15, 0.2) is 0 Å². The number of hydrogen-bond donors (Lipinski definition) is 1. The van der Waals surface area contributed by atoms with E-state index in [1.54, 1.807) is 16.8 Å². The van der Waals surface area contributed by atoms with Gasteiger partial charge in [0.05, 0.1) is 22.5 Å². The number of allylic oxidation sites excluding steroid dienone is 4. The number of nitrogens with zero attached hydrogens (tertiary/aromatic N) is 3. The largest absolute Gasteiger partial charge is 0.238 e. The van der Waals surface area contributed by atoms with Crippen LogP contribution in [0.1, 0.15) is 11.6 Å². The quantitative estimate of drug-likeness (QED) is 0.916. The molecular formula is C13H12N4O2S. The summed E-state index contributed by atoms with van der Waals surface area (Å²) >= 11 is 0. The summed E-state index contributed by atoms with van der Waals surface area (Å²) in [7, 11) is -3.67. The van der Waals surface area contributed by atoms with E-state index in [1.165, 1.54) is 12.1 Å². The zero-order valence-corrected chi connectivity index (χ0v) is 11.2. The van der Waals surface area contributed by atoms with Crippen molar-refractivity contribution in [3.63, 3.8) is 0 Å². The average Bonchev–Trinajstić information content (AvgIpc) is 3.09. The number of hydrogen-bond acceptors (Lipinski definition) is 4. The second kappa shape index (κ2) is 4.69. The molecule has 0 aliphatic heterocycles. The van der Waals surface area contributed by atoms with Crippen molar-refractivity contribution >= 4 is 10.0 Å². The van der Waals surface area contributed by atoms with Crippen LogP contribution in [0.5, 0.6) is 0 Å². The molecule has 20 heavy (non-hydrogen) atoms. The van der Waals surface area contributed by atoms with Gasteiger partial charge < -0.3 is 0 Å². The highest BCUT2D eigenvalue weighted by Gasteiger charge is 2.13. The first-order chi connectivity index (χ1) is 9.54. The molecule has 1 aliphatic carbocycles. The summed E-state index contributed by atoms with van der Waals surface area (Å²) in [6, 6.07) is 6.17. The van der Waals surface area contributed by atoms with Gasteiger partial charge in [0, 0.05) is 5.92 Å². The molecule has 0 bridgehead atoms. The maximum Gasteiger partial charge on any atom is 0.238 e. The Morgan fingerprint density at radius 2 is 1.75 bits per heavy atom. The Hall–Kier alpha value is -2.25. The van der Waals surface area contributed by atoms with Crippen molar-refractivity contribution in [1.29, 1.82) is 0 Å². The lowest BCUT2D eigenvalue weighted by molar-refractivity contribution is 0.598. The second-order valence-electron chi connectivity index (χ2n) is 4.42. The molecule has 0 amide bonds. The van der Waals surface area contributed by atoms with Crippen LogP contribution in [0.25, 0.3) is 5.69 Å². The minimum absolute atomic E-state index is 0.0725. The number of aromatic nitrogens is 3. The summed E-state index contributed by atoms with van der Waals surface area (Å²) in [5, 5.41) is 13.2. The molecule has 1 aromatic heterocycles. The van der Waals surface area contributed by atoms with Gasteiger partial charge in [-0.25, -0.2) is 18.2 Å². The van der Waals surface area contributed by atoms with E-state index in [0.29, 0.717) is 0 Å². The molecule has 0 saturated carbocycles. The maximum absolute atomic E-state index is 11.2. The topological polar surface area (TPSA) is 90.9 Å². The molecule has 2 aromatic rings. The van der Waals surface area contributed by atoms with Crippen molar-refractivity contribution in [1.82, 2.24) is 15.0 Å². The SMILES string of the molecule is NS(=O)(=O)c1ccc(-n2cc(C3C=CC=C3)nn2)cc1. The molecule has 0 saturated heterocycles. The number of primary sulfonamides is 1. The van der Waals surface area contributed by atoms with Crippen molar-refractivity contribution < 1.29 is 8.42 Å². The van der Waals surface area contributed by atoms with E-state index in [9.17, 15) is 8.42 Å². The van der Waals surface area contributed by atoms with Crippen LogP contribution in [0, 0.1) is 0 Å². The molecule has 7 heteroatoms. The fourth-order valence-corrected chi connectivity index (χ4v) is 2.49. The Morgan fingerprint density at radius 3 is 2.35 bits per heavy atom. The van der Waals surface area contributed by atoms with Gasteiger partial charge in [0.1, 0.15) is 0 Å². The van der Waals surface area contributed by atoms with Crippen LogP contribution < -0.4 is 5.14 Å². The highest BCUT2D eigenvalue weighted by atomic mass is 32.2. The maximum atomic E-state index is 11.2. The van der Waals surface area contributed by atoms with Gasteiger partial charge in [-0.1, -0.05) is 29.5 Å². The summed E-state index contributed by atoms with van der Waals surface area (Å²) in [4.78, 5) is 0.0725. The first-order valence-electron chi connectivity index (χ1n) is 5.94. The first-order valence-corrected chi connectivity index (χ1v) is 7.49. The highest BCUT2D eigenvalue weighted by molar-refractivity contribution is 7.89. The van der Waals surface area contributed by atoms with E-state index in [1.807, 2.05) is 30.5 Å². The summed E-state index contributed by atoms with van der Waals surface area (Å²) in [6.45, 7) is 0. The van der Waals surface area contributed by atoms with E-state index < -0.39 is 10.0 Å². The number of benzene rings is 1. The van der Waals surface area contributed by atoms with Crippen LogP contribution in [0.2, 0.25) is 0 Å². The Kier molecular flexibility index (Phi) is 3.00. The number of nitrogens with two attached hydrogens (primary N) is 1. The summed E-state index contributed by atoms with van der Waals surface area (Å²) in [5.74, 6) is 0.146. The lowest BCUT2D eigenvalue weighted by Crippen LogP contribution is -2.12. The average molecular weight is 288 g/mol. The zero-order chi connectivity index (χ0) is 14.2. The van der Waals surface area contributed by atoms with Gasteiger partial charge >= 0.3 is 0 Å². The minimum atomic E-state index is -3.67. The predicted molar refractivity (Wildman–Crippen MR) is 73.8 cm³/mol. The van der Waals surface area contributed by atoms with Crippen molar-refractivity contribution in [2.24, 2.45) is 5.14 Å². The Labute approximate surface area is 116 Å². The Morgan fingerprint density at radius 1 is 1.10 bits per heavy atom. The number of sulfonamides is 1. The molecule has 3 rings (SSSR count). The molecule has 6 nitrogen and oxygen atoms in total. The monoisotopic (exact) mass is 288 g/mol. The smallest absolute Gasteiger partial charge is 0.225 e. The van der Waals surface area contributed by atoms with Gasteiger partial charge in [0.2, 0.25) is 10.0 Å². The third kappa shape index (κ3) is 2.40. The molecule has 1 aliphatic rings. The van der Waals surface area contributed by atoms with Crippen LogP contribution >= 0.6 is 0 Å². The molecule has 1 heterocycles. The van der Waals surface area contributed by atoms with Gasteiger partial charge in [-0.15, -0.1) is 5.10 Å². The standard InChI is InChI=1S/C13H12N4O2S/c14-20(18,19)12-7-5-11(6-8-12)17-9-13(15-16-17)10-3-1-2-4-10/h1-10H,(H2,14,18,19). The summed E-state index contributed by atoms with van der Waals surface area (Å²) in [6.07, 6.45) is 9.79. The lowest BCUT2D eigenvalue weighted by Gasteiger charge is -2.02. The van der Waals surface area contributed by atoms with E-state index in [4.69, 9.17) is 5.14 Å². The second-order valence-corrected chi connectivity index (χ2v) is 5.98. The van der Waals surface area contributed by atoms with Crippen LogP contribution in [0.3, 0.4) is 0 Å². The van der Waals surface area contributed by atoms with Gasteiger partial charge in [-0.3, -0.25) is 0 Å². The molecule has 1 aromatic carbocycles. The molecular weight excluding hydrogens is 276 g/mol. The highest BCUT2D eigenvalue weighted by Crippen LogP contribution is 2.21. The summed E-state index contributed by atoms with van der Waals surface area (Å²) < 4.78 is 24.0. The number of rotatable bonds is 3. The third-order valence-corrected chi connectivity index (χ3v) is 3.96. The zero-order valence-electron chi connectivity index (χ0n) is 10.4. The molecule has 0 atom stereocenters. The molecule has 0 spiro atoms. The van der Waals surface area contributed by atoms with Crippen LogP contribution in [0.15, 0.2) is 59.7 Å². The van der Waals surface area contributed by atoms with Gasteiger partial charge in [-0.05, 0) is 24.3 Å². The van der Waals surface area contributed by atoms with E-state index in [0.717, 1.165) is 11.4 Å². The molecule has 0 radical (unpaired) electrons. The van der Waals surface area contributed by atoms with E-state index >= 15 is 0 Å². The third-order valence-electron chi connectivity index (χ3n) is 3.03. The Bertz CT molecular complexity index is 776. The summed E-state index contributed by atoms with van der Waals surface area (Å²) in [5.41, 5.74) is 1.56. The normalized spacial score (nSPS) is 15.1. The van der Waals surface area contributed by atoms with Crippen molar-refractivity contribution in [2.45, 2.75) is 10.8 Å². The molecule has 0 fully saturated rings. The van der Waals surface area contributed by atoms with Crippen molar-refractivity contribution in [3.8, 4) is 5.69 Å². The fourth-order valence-electron chi connectivity index (χ4n) is 1.97. The van der Waals surface area contributed by atoms with Crippen LogP contribution in [-0.2, 0) is 10.0 Å². The van der Waals surface area contributed by atoms with Crippen LogP contribution in [0.4, 0.5) is 0 Å². The molecule has 2 N–H and O–H groups in total. The minimum Gasteiger partial charge on any atom is -0.225 e. The van der Waals surface area contributed by atoms with E-state index in [2.05, 4.69) is 10.3 Å². The lowest BCUT2D eigenvalue weighted by atomic mass is 10.1. The van der Waals surface area contributed by atoms with E-state index in [-0.39, 0.29) is 10.8 Å². The molecule has 0 unspecified atom stereocenters. The van der Waals surface area contributed by atoms with Crippen molar-refractivity contribution in [2.75, 3.05) is 0 Å². The molecule has 102 valence electrons. The fraction of sp³-hybridized carbons (Fsp3) is 0.0769. The predicted octanol–water partition coefficient (Wildman–Crippen LogP) is 1.12. The van der Waals surface area contributed by atoms with Gasteiger partial charge in [-0.2, -0.15) is 0 Å². The van der Waals surface area contributed by atoms with Crippen molar-refractivity contribution in [3.05, 3.63) is 60.5 Å². The van der Waals surface area contributed by atoms with Gasteiger partial charge in [0.25, 0.3) is 0 Å². The first kappa shape index (κ1) is 12.8.